The van der Waals surface area contributed by atoms with E-state index in [0.717, 1.165) is 87.8 Å². The van der Waals surface area contributed by atoms with Gasteiger partial charge in [-0.15, -0.1) is 0 Å². The third-order valence-corrected chi connectivity index (χ3v) is 14.7. The topological polar surface area (TPSA) is 13.0 Å². The number of anilines is 5. The van der Waals surface area contributed by atoms with Crippen LogP contribution in [0.4, 0.5) is 28.4 Å². The van der Waals surface area contributed by atoms with E-state index in [1.165, 1.54) is 67.6 Å². The lowest BCUT2D eigenvalue weighted by atomic mass is 9.93. The second kappa shape index (κ2) is 22.0. The van der Waals surface area contributed by atoms with Gasteiger partial charge in [0, 0.05) is 63.8 Å². The first-order valence-corrected chi connectivity index (χ1v) is 26.0. The van der Waals surface area contributed by atoms with Gasteiger partial charge in [-0.25, -0.2) is 0 Å². The minimum atomic E-state index is 0.358. The summed E-state index contributed by atoms with van der Waals surface area (Å²) in [5.41, 5.74) is 19.1. The van der Waals surface area contributed by atoms with Crippen molar-refractivity contribution in [2.75, 3.05) is 16.3 Å². The van der Waals surface area contributed by atoms with Gasteiger partial charge >= 0.3 is 0 Å². The lowest BCUT2D eigenvalue weighted by Crippen LogP contribution is -2.33. The normalized spacial score (nSPS) is 17.9. The molecule has 0 aromatic heterocycles. The fraction of sp³-hybridized carbons (Fsp3) is 0.242. The van der Waals surface area contributed by atoms with Gasteiger partial charge in [0.15, 0.2) is 0 Å². The van der Waals surface area contributed by atoms with E-state index in [0.29, 0.717) is 12.1 Å². The highest BCUT2D eigenvalue weighted by Crippen LogP contribution is 2.40. The first-order valence-electron chi connectivity index (χ1n) is 26.0. The molecular weight excluding hydrogens is 849 g/mol. The minimum Gasteiger partial charge on any atom is -0.343 e. The number of para-hydroxylation sites is 1. The quantitative estimate of drug-likeness (QED) is 0.0978. The second-order valence-electron chi connectivity index (χ2n) is 19.1. The molecule has 5 aliphatic carbocycles. The Labute approximate surface area is 418 Å². The maximum Gasteiger partial charge on any atom is 0.0556 e. The van der Waals surface area contributed by atoms with Crippen molar-refractivity contribution in [2.24, 2.45) is 0 Å². The Morgan fingerprint density at radius 1 is 0.486 bits per heavy atom. The van der Waals surface area contributed by atoms with Crippen LogP contribution >= 0.6 is 0 Å². The van der Waals surface area contributed by atoms with Crippen LogP contribution in [0.1, 0.15) is 96.1 Å². The molecule has 0 radical (unpaired) electrons. The predicted molar refractivity (Wildman–Crippen MR) is 299 cm³/mol. The average molecular weight is 917 g/mol. The van der Waals surface area contributed by atoms with Crippen LogP contribution in [-0.2, 0) is 0 Å². The molecule has 2 unspecified atom stereocenters. The van der Waals surface area contributed by atoms with E-state index in [1.54, 1.807) is 0 Å². The molecule has 4 heteroatoms. The van der Waals surface area contributed by atoms with Crippen molar-refractivity contribution in [2.45, 2.75) is 97.1 Å². The van der Waals surface area contributed by atoms with Gasteiger partial charge in [-0.1, -0.05) is 134 Å². The largest absolute Gasteiger partial charge is 0.343 e. The van der Waals surface area contributed by atoms with Crippen molar-refractivity contribution in [1.82, 2.24) is 9.80 Å². The summed E-state index contributed by atoms with van der Waals surface area (Å²) >= 11 is 0. The van der Waals surface area contributed by atoms with E-state index in [9.17, 15) is 0 Å². The molecule has 2 atom stereocenters. The Morgan fingerprint density at radius 2 is 1.00 bits per heavy atom. The Bertz CT molecular complexity index is 2920. The Morgan fingerprint density at radius 3 is 1.47 bits per heavy atom. The zero-order valence-electron chi connectivity index (χ0n) is 41.4. The Kier molecular flexibility index (Phi) is 14.6. The van der Waals surface area contributed by atoms with E-state index in [-0.39, 0.29) is 0 Å². The SMILES string of the molecule is CCC(C)N(C1=CCCC=C1)C1=CC=C(c2ccc(N(CC)c3ccc(-c4ccc(N(c5ccccc5)c5ccc(C6=CC=C(N(C7=CCCC=C7)C7C=CC=CC7)CC6)cc5)cc4)cc3)cc2)CC1. The van der Waals surface area contributed by atoms with Gasteiger partial charge in [0.1, 0.15) is 0 Å². The molecule has 0 heterocycles. The summed E-state index contributed by atoms with van der Waals surface area (Å²) in [6.45, 7) is 7.76. The van der Waals surface area contributed by atoms with Crippen molar-refractivity contribution in [3.05, 3.63) is 246 Å². The van der Waals surface area contributed by atoms with Gasteiger partial charge in [-0.05, 0) is 196 Å². The van der Waals surface area contributed by atoms with Gasteiger partial charge in [-0.2, -0.15) is 0 Å². The highest BCUT2D eigenvalue weighted by atomic mass is 15.2. The van der Waals surface area contributed by atoms with Crippen LogP contribution in [0.25, 0.3) is 22.3 Å². The molecule has 0 fully saturated rings. The summed E-state index contributed by atoms with van der Waals surface area (Å²) in [7, 11) is 0. The molecule has 4 nitrogen and oxygen atoms in total. The summed E-state index contributed by atoms with van der Waals surface area (Å²) in [4.78, 5) is 9.90. The fourth-order valence-corrected chi connectivity index (χ4v) is 10.8. The fourth-order valence-electron chi connectivity index (χ4n) is 10.8. The number of allylic oxidation sites excluding steroid dienone is 16. The van der Waals surface area contributed by atoms with Gasteiger partial charge in [0.05, 0.1) is 6.04 Å². The first kappa shape index (κ1) is 46.4. The third kappa shape index (κ3) is 10.3. The molecule has 5 aromatic carbocycles. The van der Waals surface area contributed by atoms with Crippen LogP contribution < -0.4 is 9.80 Å². The summed E-state index contributed by atoms with van der Waals surface area (Å²) < 4.78 is 0. The smallest absolute Gasteiger partial charge is 0.0556 e. The molecular formula is C66H68N4. The summed E-state index contributed by atoms with van der Waals surface area (Å²) in [6.07, 6.45) is 43.4. The Hall–Kier alpha value is -7.30. The number of hydrogen-bond donors (Lipinski definition) is 0. The molecule has 0 saturated heterocycles. The molecule has 0 amide bonds. The lowest BCUT2D eigenvalue weighted by Gasteiger charge is -2.37. The highest BCUT2D eigenvalue weighted by molar-refractivity contribution is 5.80. The standard InChI is InChI=1S/C66H68N4/c1-4-50(3)68(59-18-10-6-11-19-59)63-42-30-53(31-43-63)51-26-38-57(39-27-51)67(5-2)58-40-28-52(29-41-58)54-34-46-65(47-35-54)70(62-24-16-9-17-25-62)66-48-36-56(37-49-66)55-32-44-64(45-33-55)69(60-20-12-7-13-21-60)61-22-14-8-15-23-61/h7,9-10,12-14,16-20,22-30,32,34-42,44,46-50,60H,4-6,8,11,15,21,31,33,43,45H2,1-3H3. The molecule has 5 aliphatic rings. The molecule has 0 aliphatic heterocycles. The average Bonchev–Trinajstić information content (AvgIpc) is 3.44. The first-order chi connectivity index (χ1) is 34.5. The molecule has 70 heavy (non-hydrogen) atoms. The van der Waals surface area contributed by atoms with Crippen LogP contribution in [0, 0.1) is 0 Å². The lowest BCUT2D eigenvalue weighted by molar-refractivity contribution is 0.320. The van der Waals surface area contributed by atoms with Crippen LogP contribution in [0.15, 0.2) is 235 Å². The second-order valence-corrected chi connectivity index (χ2v) is 19.1. The monoisotopic (exact) mass is 917 g/mol. The van der Waals surface area contributed by atoms with Gasteiger partial charge in [0.25, 0.3) is 0 Å². The predicted octanol–water partition coefficient (Wildman–Crippen LogP) is 17.9. The maximum absolute atomic E-state index is 2.57. The van der Waals surface area contributed by atoms with Crippen molar-refractivity contribution in [1.29, 1.82) is 0 Å². The number of benzene rings is 5. The van der Waals surface area contributed by atoms with E-state index >= 15 is 0 Å². The molecule has 0 bridgehead atoms. The Balaban J connectivity index is 0.821. The zero-order valence-corrected chi connectivity index (χ0v) is 41.4. The number of rotatable bonds is 16. The van der Waals surface area contributed by atoms with Gasteiger partial charge in [0.2, 0.25) is 0 Å². The van der Waals surface area contributed by atoms with Crippen LogP contribution in [0.3, 0.4) is 0 Å². The van der Waals surface area contributed by atoms with Crippen molar-refractivity contribution < 1.29 is 0 Å². The molecule has 0 saturated carbocycles. The molecule has 352 valence electrons. The zero-order chi connectivity index (χ0) is 47.7. The van der Waals surface area contributed by atoms with Crippen LogP contribution in [0.5, 0.6) is 0 Å². The molecule has 0 spiro atoms. The number of hydrogen-bond acceptors (Lipinski definition) is 4. The summed E-state index contributed by atoms with van der Waals surface area (Å²) in [5.74, 6) is 0. The highest BCUT2D eigenvalue weighted by Gasteiger charge is 2.25. The van der Waals surface area contributed by atoms with Crippen molar-refractivity contribution in [3.8, 4) is 11.1 Å². The van der Waals surface area contributed by atoms with Crippen LogP contribution in [0.2, 0.25) is 0 Å². The van der Waals surface area contributed by atoms with E-state index < -0.39 is 0 Å². The number of nitrogens with zero attached hydrogens (tertiary/aromatic N) is 4. The maximum atomic E-state index is 2.57. The molecule has 10 rings (SSSR count). The van der Waals surface area contributed by atoms with Crippen LogP contribution in [-0.4, -0.2) is 28.4 Å². The van der Waals surface area contributed by atoms with E-state index in [1.807, 2.05) is 0 Å². The minimum absolute atomic E-state index is 0.358. The molecule has 5 aromatic rings. The summed E-state index contributed by atoms with van der Waals surface area (Å²) in [6, 6.07) is 48.0. The third-order valence-electron chi connectivity index (χ3n) is 14.7. The van der Waals surface area contributed by atoms with Gasteiger partial charge in [-0.3, -0.25) is 0 Å². The van der Waals surface area contributed by atoms with E-state index in [2.05, 4.69) is 253 Å². The van der Waals surface area contributed by atoms with Crippen molar-refractivity contribution >= 4 is 39.6 Å². The van der Waals surface area contributed by atoms with Gasteiger partial charge < -0.3 is 19.6 Å². The summed E-state index contributed by atoms with van der Waals surface area (Å²) in [5, 5.41) is 0. The van der Waals surface area contributed by atoms with E-state index in [4.69, 9.17) is 0 Å². The van der Waals surface area contributed by atoms with Crippen molar-refractivity contribution in [3.63, 3.8) is 0 Å². The molecule has 0 N–H and O–H groups in total.